The van der Waals surface area contributed by atoms with Gasteiger partial charge in [0.1, 0.15) is 0 Å². The molecule has 21 heavy (non-hydrogen) atoms. The number of nitrogens with one attached hydrogen (secondary N) is 1. The first-order valence-corrected chi connectivity index (χ1v) is 8.58. The zero-order valence-corrected chi connectivity index (χ0v) is 14.7. The van der Waals surface area contributed by atoms with Gasteiger partial charge in [-0.05, 0) is 36.5 Å². The molecule has 0 radical (unpaired) electrons. The minimum Gasteiger partial charge on any atom is -0.364 e. The van der Waals surface area contributed by atoms with Crippen molar-refractivity contribution >= 4 is 17.3 Å². The molecule has 0 saturated carbocycles. The van der Waals surface area contributed by atoms with E-state index in [1.165, 1.54) is 17.7 Å². The summed E-state index contributed by atoms with van der Waals surface area (Å²) in [6.45, 7) is 13.4. The topological polar surface area (TPSA) is 15.3 Å². The highest BCUT2D eigenvalue weighted by Crippen LogP contribution is 2.32. The fraction of sp³-hybridized carbons (Fsp3) is 0.667. The normalized spacial score (nSPS) is 24.4. The predicted molar refractivity (Wildman–Crippen MR) is 93.4 cm³/mol. The van der Waals surface area contributed by atoms with E-state index >= 15 is 0 Å². The minimum absolute atomic E-state index is 0.505. The van der Waals surface area contributed by atoms with Gasteiger partial charge in [-0.1, -0.05) is 51.8 Å². The first-order chi connectivity index (χ1) is 9.93. The van der Waals surface area contributed by atoms with E-state index < -0.39 is 0 Å². The van der Waals surface area contributed by atoms with Crippen LogP contribution in [0.3, 0.4) is 0 Å². The number of piperazine rings is 1. The molecule has 0 aliphatic carbocycles. The Morgan fingerprint density at radius 3 is 2.62 bits per heavy atom. The van der Waals surface area contributed by atoms with E-state index in [0.29, 0.717) is 23.9 Å². The van der Waals surface area contributed by atoms with Crippen molar-refractivity contribution in [3.05, 3.63) is 28.8 Å². The molecule has 3 heteroatoms. The van der Waals surface area contributed by atoms with E-state index in [-0.39, 0.29) is 0 Å². The third-order valence-corrected chi connectivity index (χ3v) is 5.20. The van der Waals surface area contributed by atoms with Crippen LogP contribution < -0.4 is 10.2 Å². The van der Waals surface area contributed by atoms with Crippen molar-refractivity contribution in [1.82, 2.24) is 5.32 Å². The molecule has 2 nitrogen and oxygen atoms in total. The number of hydrogen-bond donors (Lipinski definition) is 1. The van der Waals surface area contributed by atoms with Crippen LogP contribution in [0.2, 0.25) is 5.02 Å². The Kier molecular flexibility index (Phi) is 5.56. The highest BCUT2D eigenvalue weighted by atomic mass is 35.5. The Morgan fingerprint density at radius 2 is 2.05 bits per heavy atom. The molecule has 1 aromatic rings. The lowest BCUT2D eigenvalue weighted by Crippen LogP contribution is -2.60. The van der Waals surface area contributed by atoms with Gasteiger partial charge in [-0.25, -0.2) is 0 Å². The van der Waals surface area contributed by atoms with Crippen LogP contribution in [-0.4, -0.2) is 25.2 Å². The third-order valence-electron chi connectivity index (χ3n) is 4.90. The molecule has 1 saturated heterocycles. The van der Waals surface area contributed by atoms with Gasteiger partial charge in [0.2, 0.25) is 0 Å². The molecule has 1 fully saturated rings. The molecule has 1 aliphatic rings. The van der Waals surface area contributed by atoms with Crippen molar-refractivity contribution in [3.63, 3.8) is 0 Å². The quantitative estimate of drug-likeness (QED) is 0.881. The predicted octanol–water partition coefficient (Wildman–Crippen LogP) is 4.50. The van der Waals surface area contributed by atoms with E-state index in [2.05, 4.69) is 63.0 Å². The molecule has 0 spiro atoms. The summed E-state index contributed by atoms with van der Waals surface area (Å²) in [5.74, 6) is 1.29. The lowest BCUT2D eigenvalue weighted by atomic mass is 9.91. The van der Waals surface area contributed by atoms with Gasteiger partial charge in [0.05, 0.1) is 10.7 Å². The Balaban J connectivity index is 2.29. The first-order valence-electron chi connectivity index (χ1n) is 8.20. The lowest BCUT2D eigenvalue weighted by Gasteiger charge is -2.45. The molecule has 3 unspecified atom stereocenters. The molecule has 1 heterocycles. The maximum Gasteiger partial charge on any atom is 0.0642 e. The number of nitrogens with zero attached hydrogens (tertiary/aromatic N) is 1. The van der Waals surface area contributed by atoms with Crippen LogP contribution in [0.1, 0.15) is 39.7 Å². The Bertz CT molecular complexity index is 472. The SMILES string of the molecule is CCC(C)C1CN(c2ccc(C)cc2Cl)C(C(C)C)CN1. The van der Waals surface area contributed by atoms with Gasteiger partial charge in [0.25, 0.3) is 0 Å². The summed E-state index contributed by atoms with van der Waals surface area (Å²) < 4.78 is 0. The van der Waals surface area contributed by atoms with Gasteiger partial charge in [-0.2, -0.15) is 0 Å². The van der Waals surface area contributed by atoms with Gasteiger partial charge in [0, 0.05) is 25.2 Å². The largest absolute Gasteiger partial charge is 0.364 e. The van der Waals surface area contributed by atoms with Crippen molar-refractivity contribution in [2.24, 2.45) is 11.8 Å². The minimum atomic E-state index is 0.505. The van der Waals surface area contributed by atoms with E-state index in [4.69, 9.17) is 11.6 Å². The van der Waals surface area contributed by atoms with Crippen molar-refractivity contribution < 1.29 is 0 Å². The Hall–Kier alpha value is -0.730. The summed E-state index contributed by atoms with van der Waals surface area (Å²) in [6, 6.07) is 7.48. The number of hydrogen-bond acceptors (Lipinski definition) is 2. The fourth-order valence-electron chi connectivity index (χ4n) is 3.18. The van der Waals surface area contributed by atoms with Crippen molar-refractivity contribution in [1.29, 1.82) is 0 Å². The number of halogens is 1. The average molecular weight is 309 g/mol. The molecule has 0 aromatic heterocycles. The third kappa shape index (κ3) is 3.73. The second-order valence-electron chi connectivity index (χ2n) is 6.82. The lowest BCUT2D eigenvalue weighted by molar-refractivity contribution is 0.281. The van der Waals surface area contributed by atoms with Crippen LogP contribution >= 0.6 is 11.6 Å². The van der Waals surface area contributed by atoms with E-state index in [0.717, 1.165) is 18.1 Å². The zero-order chi connectivity index (χ0) is 15.6. The van der Waals surface area contributed by atoms with Crippen LogP contribution in [0.5, 0.6) is 0 Å². The molecular weight excluding hydrogens is 280 g/mol. The molecular formula is C18H29ClN2. The molecule has 0 amide bonds. The average Bonchev–Trinajstić information content (AvgIpc) is 2.45. The maximum absolute atomic E-state index is 6.53. The number of benzene rings is 1. The van der Waals surface area contributed by atoms with E-state index in [9.17, 15) is 0 Å². The van der Waals surface area contributed by atoms with E-state index in [1.54, 1.807) is 0 Å². The zero-order valence-electron chi connectivity index (χ0n) is 14.0. The highest BCUT2D eigenvalue weighted by molar-refractivity contribution is 6.33. The summed E-state index contributed by atoms with van der Waals surface area (Å²) in [6.07, 6.45) is 1.21. The molecule has 1 aromatic carbocycles. The van der Waals surface area contributed by atoms with E-state index in [1.807, 2.05) is 0 Å². The number of rotatable bonds is 4. The monoisotopic (exact) mass is 308 g/mol. The summed E-state index contributed by atoms with van der Waals surface area (Å²) in [4.78, 5) is 2.53. The highest BCUT2D eigenvalue weighted by Gasteiger charge is 2.32. The fourth-order valence-corrected chi connectivity index (χ4v) is 3.52. The smallest absolute Gasteiger partial charge is 0.0642 e. The Labute approximate surface area is 134 Å². The molecule has 1 N–H and O–H groups in total. The van der Waals surface area contributed by atoms with Gasteiger partial charge >= 0.3 is 0 Å². The molecule has 0 bridgehead atoms. The second-order valence-corrected chi connectivity index (χ2v) is 7.23. The summed E-state index contributed by atoms with van der Waals surface area (Å²) in [5, 5.41) is 4.63. The molecule has 118 valence electrons. The van der Waals surface area contributed by atoms with Crippen molar-refractivity contribution in [2.75, 3.05) is 18.0 Å². The first kappa shape index (κ1) is 16.6. The number of aryl methyl sites for hydroxylation is 1. The summed E-state index contributed by atoms with van der Waals surface area (Å²) >= 11 is 6.53. The van der Waals surface area contributed by atoms with Crippen LogP contribution in [0, 0.1) is 18.8 Å². The van der Waals surface area contributed by atoms with Crippen molar-refractivity contribution in [3.8, 4) is 0 Å². The molecule has 1 aliphatic heterocycles. The van der Waals surface area contributed by atoms with Gasteiger partial charge in [-0.15, -0.1) is 0 Å². The second kappa shape index (κ2) is 7.02. The molecule has 2 rings (SSSR count). The van der Waals surface area contributed by atoms with Gasteiger partial charge in [0.15, 0.2) is 0 Å². The molecule has 3 atom stereocenters. The summed E-state index contributed by atoms with van der Waals surface area (Å²) in [7, 11) is 0. The van der Waals surface area contributed by atoms with Crippen LogP contribution in [0.15, 0.2) is 18.2 Å². The van der Waals surface area contributed by atoms with Crippen LogP contribution in [-0.2, 0) is 0 Å². The van der Waals surface area contributed by atoms with Gasteiger partial charge in [-0.3, -0.25) is 0 Å². The van der Waals surface area contributed by atoms with Crippen LogP contribution in [0.4, 0.5) is 5.69 Å². The number of anilines is 1. The van der Waals surface area contributed by atoms with Gasteiger partial charge < -0.3 is 10.2 Å². The van der Waals surface area contributed by atoms with Crippen molar-refractivity contribution in [2.45, 2.75) is 53.1 Å². The summed E-state index contributed by atoms with van der Waals surface area (Å²) in [5.41, 5.74) is 2.41. The Morgan fingerprint density at radius 1 is 1.33 bits per heavy atom. The standard InChI is InChI=1S/C18H29ClN2/c1-6-14(5)16-11-21(18(10-20-16)12(2)3)17-8-7-13(4)9-15(17)19/h7-9,12,14,16,18,20H,6,10-11H2,1-5H3. The van der Waals surface area contributed by atoms with Crippen LogP contribution in [0.25, 0.3) is 0 Å². The maximum atomic E-state index is 6.53.